The minimum absolute atomic E-state index is 0.365. The Bertz CT molecular complexity index is 706. The largest absolute Gasteiger partial charge is 0.377 e. The molecule has 0 unspecified atom stereocenters. The molecule has 1 aliphatic heterocycles. The van der Waals surface area contributed by atoms with Crippen LogP contribution in [-0.2, 0) is 0 Å². The Balaban J connectivity index is 1.81. The normalized spacial score (nSPS) is 26.1. The van der Waals surface area contributed by atoms with Crippen molar-refractivity contribution >= 4 is 37.5 Å². The Morgan fingerprint density at radius 3 is 2.62 bits per heavy atom. The first-order valence-electron chi connectivity index (χ1n) is 7.21. The Kier molecular flexibility index (Phi) is 3.43. The van der Waals surface area contributed by atoms with Gasteiger partial charge in [0.15, 0.2) is 0 Å². The fourth-order valence-electron chi connectivity index (χ4n) is 3.58. The predicted molar refractivity (Wildman–Crippen MR) is 94.6 cm³/mol. The lowest BCUT2D eigenvalue weighted by Crippen LogP contribution is -2.29. The van der Waals surface area contributed by atoms with Gasteiger partial charge in [0.25, 0.3) is 0 Å². The predicted octanol–water partition coefficient (Wildman–Crippen LogP) is 6.04. The molecule has 2 aliphatic rings. The minimum atomic E-state index is 0.365. The van der Waals surface area contributed by atoms with Crippen molar-refractivity contribution in [1.29, 1.82) is 0 Å². The summed E-state index contributed by atoms with van der Waals surface area (Å²) in [4.78, 5) is 0. The molecular weight excluding hydrogens is 390 g/mol. The fourth-order valence-corrected chi connectivity index (χ4v) is 4.34. The van der Waals surface area contributed by atoms with E-state index in [1.165, 1.54) is 16.8 Å². The van der Waals surface area contributed by atoms with Gasteiger partial charge in [0.2, 0.25) is 0 Å². The molecule has 3 atom stereocenters. The second-order valence-corrected chi connectivity index (χ2v) is 7.50. The third kappa shape index (κ3) is 2.27. The topological polar surface area (TPSA) is 12.0 Å². The van der Waals surface area contributed by atoms with E-state index in [1.54, 1.807) is 0 Å². The lowest BCUT2D eigenvalue weighted by atomic mass is 9.77. The van der Waals surface area contributed by atoms with E-state index in [0.717, 1.165) is 15.4 Å². The molecule has 0 aromatic heterocycles. The molecular formula is C18H15Br2N. The van der Waals surface area contributed by atoms with Gasteiger partial charge in [-0.3, -0.25) is 0 Å². The number of rotatable bonds is 1. The van der Waals surface area contributed by atoms with Gasteiger partial charge in [0, 0.05) is 14.9 Å². The zero-order chi connectivity index (χ0) is 14.4. The number of fused-ring (bicyclic) bond motifs is 3. The van der Waals surface area contributed by atoms with Crippen LogP contribution < -0.4 is 5.32 Å². The highest BCUT2D eigenvalue weighted by atomic mass is 79.9. The summed E-state index contributed by atoms with van der Waals surface area (Å²) >= 11 is 7.22. The number of nitrogens with one attached hydrogen (secondary N) is 1. The molecule has 1 aliphatic carbocycles. The summed E-state index contributed by atoms with van der Waals surface area (Å²) in [5.74, 6) is 1.13. The summed E-state index contributed by atoms with van der Waals surface area (Å²) in [7, 11) is 0. The molecule has 2 aromatic rings. The summed E-state index contributed by atoms with van der Waals surface area (Å²) in [5, 5.41) is 3.77. The molecule has 0 bridgehead atoms. The molecule has 0 saturated heterocycles. The van der Waals surface area contributed by atoms with Gasteiger partial charge in [0.1, 0.15) is 0 Å². The van der Waals surface area contributed by atoms with Crippen molar-refractivity contribution in [2.45, 2.75) is 18.4 Å². The second kappa shape index (κ2) is 5.29. The molecule has 106 valence electrons. The molecule has 0 fully saturated rings. The van der Waals surface area contributed by atoms with Gasteiger partial charge in [-0.15, -0.1) is 0 Å². The Morgan fingerprint density at radius 1 is 1.00 bits per heavy atom. The van der Waals surface area contributed by atoms with Gasteiger partial charge in [-0.25, -0.2) is 0 Å². The van der Waals surface area contributed by atoms with Crippen molar-refractivity contribution in [2.24, 2.45) is 5.92 Å². The number of hydrogen-bond acceptors (Lipinski definition) is 1. The molecule has 4 rings (SSSR count). The van der Waals surface area contributed by atoms with Gasteiger partial charge in [0.05, 0.1) is 11.7 Å². The number of anilines is 1. The van der Waals surface area contributed by atoms with E-state index in [0.29, 0.717) is 17.9 Å². The molecule has 1 heterocycles. The monoisotopic (exact) mass is 403 g/mol. The number of halogens is 2. The van der Waals surface area contributed by atoms with Gasteiger partial charge < -0.3 is 5.32 Å². The van der Waals surface area contributed by atoms with Gasteiger partial charge in [-0.05, 0) is 57.6 Å². The molecule has 0 spiro atoms. The molecule has 1 N–H and O–H groups in total. The quantitative estimate of drug-likeness (QED) is 0.571. The molecule has 1 nitrogen and oxygen atoms in total. The third-order valence-electron chi connectivity index (χ3n) is 4.58. The standard InChI is InChI=1S/C18H15Br2N/c19-12-9-7-11(8-10-12)17-14-4-1-3-13(14)15-5-2-6-16(20)18(15)21-17/h1-3,5-10,13-14,17,21H,4H2/t13-,14+,17+/m1/s1. The van der Waals surface area contributed by atoms with Crippen LogP contribution in [0.4, 0.5) is 5.69 Å². The Labute approximate surface area is 141 Å². The first kappa shape index (κ1) is 13.6. The van der Waals surface area contributed by atoms with E-state index >= 15 is 0 Å². The lowest BCUT2D eigenvalue weighted by Gasteiger charge is -2.38. The Hall–Kier alpha value is -1.06. The fraction of sp³-hybridized carbons (Fsp3) is 0.222. The van der Waals surface area contributed by atoms with Gasteiger partial charge in [-0.2, -0.15) is 0 Å². The second-order valence-electron chi connectivity index (χ2n) is 5.73. The van der Waals surface area contributed by atoms with E-state index in [1.807, 2.05) is 0 Å². The summed E-state index contributed by atoms with van der Waals surface area (Å²) in [6, 6.07) is 15.6. The SMILES string of the molecule is Brc1ccc([C@@H]2Nc3c(Br)cccc3[C@@H]3C=CC[C@@H]32)cc1. The highest BCUT2D eigenvalue weighted by Crippen LogP contribution is 2.51. The minimum Gasteiger partial charge on any atom is -0.377 e. The summed E-state index contributed by atoms with van der Waals surface area (Å²) in [6.07, 6.45) is 5.85. The zero-order valence-electron chi connectivity index (χ0n) is 11.4. The molecule has 2 aromatic carbocycles. The molecule has 3 heteroatoms. The number of allylic oxidation sites excluding steroid dienone is 2. The summed E-state index contributed by atoms with van der Waals surface area (Å²) < 4.78 is 2.28. The van der Waals surface area contributed by atoms with Crippen molar-refractivity contribution < 1.29 is 0 Å². The molecule has 0 radical (unpaired) electrons. The van der Waals surface area contributed by atoms with E-state index in [9.17, 15) is 0 Å². The Morgan fingerprint density at radius 2 is 1.81 bits per heavy atom. The maximum atomic E-state index is 3.77. The van der Waals surface area contributed by atoms with Crippen LogP contribution in [0.2, 0.25) is 0 Å². The van der Waals surface area contributed by atoms with Crippen molar-refractivity contribution in [1.82, 2.24) is 0 Å². The van der Waals surface area contributed by atoms with Crippen molar-refractivity contribution in [3.8, 4) is 0 Å². The van der Waals surface area contributed by atoms with E-state index in [-0.39, 0.29) is 0 Å². The van der Waals surface area contributed by atoms with Crippen molar-refractivity contribution in [3.63, 3.8) is 0 Å². The van der Waals surface area contributed by atoms with E-state index in [2.05, 4.69) is 91.8 Å². The summed E-state index contributed by atoms with van der Waals surface area (Å²) in [5.41, 5.74) is 4.02. The van der Waals surface area contributed by atoms with Crippen LogP contribution in [0.1, 0.15) is 29.5 Å². The maximum Gasteiger partial charge on any atom is 0.0554 e. The maximum absolute atomic E-state index is 3.77. The first-order valence-corrected chi connectivity index (χ1v) is 8.80. The van der Waals surface area contributed by atoms with Gasteiger partial charge in [-0.1, -0.05) is 52.3 Å². The van der Waals surface area contributed by atoms with Crippen LogP contribution in [0.3, 0.4) is 0 Å². The van der Waals surface area contributed by atoms with E-state index in [4.69, 9.17) is 0 Å². The van der Waals surface area contributed by atoms with Crippen LogP contribution in [-0.4, -0.2) is 0 Å². The van der Waals surface area contributed by atoms with Crippen molar-refractivity contribution in [2.75, 3.05) is 5.32 Å². The average molecular weight is 405 g/mol. The number of hydrogen-bond donors (Lipinski definition) is 1. The van der Waals surface area contributed by atoms with Gasteiger partial charge >= 0.3 is 0 Å². The lowest BCUT2D eigenvalue weighted by molar-refractivity contribution is 0.425. The summed E-state index contributed by atoms with van der Waals surface area (Å²) in [6.45, 7) is 0. The van der Waals surface area contributed by atoms with Crippen LogP contribution in [0, 0.1) is 5.92 Å². The van der Waals surface area contributed by atoms with Crippen LogP contribution >= 0.6 is 31.9 Å². The highest BCUT2D eigenvalue weighted by Gasteiger charge is 2.38. The molecule has 0 saturated carbocycles. The van der Waals surface area contributed by atoms with E-state index < -0.39 is 0 Å². The average Bonchev–Trinajstić information content (AvgIpc) is 2.98. The van der Waals surface area contributed by atoms with Crippen LogP contribution in [0.5, 0.6) is 0 Å². The van der Waals surface area contributed by atoms with Crippen LogP contribution in [0.15, 0.2) is 63.6 Å². The highest BCUT2D eigenvalue weighted by molar-refractivity contribution is 9.10. The first-order chi connectivity index (χ1) is 10.2. The molecule has 0 amide bonds. The zero-order valence-corrected chi connectivity index (χ0v) is 14.6. The van der Waals surface area contributed by atoms with Crippen LogP contribution in [0.25, 0.3) is 0 Å². The third-order valence-corrected chi connectivity index (χ3v) is 5.76. The smallest absolute Gasteiger partial charge is 0.0554 e. The van der Waals surface area contributed by atoms with Crippen molar-refractivity contribution in [3.05, 3.63) is 74.7 Å². The number of benzene rings is 2. The number of para-hydroxylation sites is 1. The molecule has 21 heavy (non-hydrogen) atoms.